The van der Waals surface area contributed by atoms with Gasteiger partial charge in [-0.3, -0.25) is 4.98 Å². The Labute approximate surface area is 106 Å². The van der Waals surface area contributed by atoms with Crippen molar-refractivity contribution in [1.82, 2.24) is 9.97 Å². The van der Waals surface area contributed by atoms with E-state index in [9.17, 15) is 0 Å². The van der Waals surface area contributed by atoms with E-state index in [-0.39, 0.29) is 5.38 Å². The predicted molar refractivity (Wildman–Crippen MR) is 72.6 cm³/mol. The standard InChI is InChI=1S/C13H16ClN3/c1-10(14)5-4-8-15-13-9-16-11-6-2-3-7-12(11)17-13/h2-3,6-7,9-10H,4-5,8H2,1H3,(H,15,17). The third-order valence-corrected chi connectivity index (χ3v) is 2.75. The van der Waals surface area contributed by atoms with Crippen LogP contribution in [-0.4, -0.2) is 21.9 Å². The highest BCUT2D eigenvalue weighted by Gasteiger charge is 1.99. The van der Waals surface area contributed by atoms with Gasteiger partial charge in [0.1, 0.15) is 5.82 Å². The minimum atomic E-state index is 0.236. The SMILES string of the molecule is CC(Cl)CCCNc1cnc2ccccc2n1. The third-order valence-electron chi connectivity index (χ3n) is 2.53. The van der Waals surface area contributed by atoms with Crippen molar-refractivity contribution >= 4 is 28.5 Å². The Morgan fingerprint density at radius 2 is 2.06 bits per heavy atom. The van der Waals surface area contributed by atoms with E-state index >= 15 is 0 Å². The molecule has 3 nitrogen and oxygen atoms in total. The zero-order valence-corrected chi connectivity index (χ0v) is 10.6. The summed E-state index contributed by atoms with van der Waals surface area (Å²) in [5.41, 5.74) is 1.84. The highest BCUT2D eigenvalue weighted by molar-refractivity contribution is 6.20. The number of fused-ring (bicyclic) bond motifs is 1. The summed E-state index contributed by atoms with van der Waals surface area (Å²) in [5.74, 6) is 0.825. The Kier molecular flexibility index (Phi) is 4.15. The normalized spacial score (nSPS) is 12.6. The molecule has 0 radical (unpaired) electrons. The van der Waals surface area contributed by atoms with Gasteiger partial charge in [0.15, 0.2) is 0 Å². The highest BCUT2D eigenvalue weighted by atomic mass is 35.5. The fourth-order valence-corrected chi connectivity index (χ4v) is 1.80. The molecular weight excluding hydrogens is 234 g/mol. The van der Waals surface area contributed by atoms with Crippen LogP contribution in [0.25, 0.3) is 11.0 Å². The molecule has 2 aromatic rings. The second-order valence-electron chi connectivity index (χ2n) is 4.09. The number of para-hydroxylation sites is 2. The number of aromatic nitrogens is 2. The summed E-state index contributed by atoms with van der Waals surface area (Å²) in [4.78, 5) is 8.83. The van der Waals surface area contributed by atoms with Gasteiger partial charge in [-0.1, -0.05) is 12.1 Å². The molecule has 90 valence electrons. The molecule has 17 heavy (non-hydrogen) atoms. The first-order valence-corrected chi connectivity index (χ1v) is 6.29. The minimum Gasteiger partial charge on any atom is -0.369 e. The molecule has 0 aliphatic heterocycles. The van der Waals surface area contributed by atoms with Gasteiger partial charge in [0, 0.05) is 11.9 Å². The molecule has 0 spiro atoms. The van der Waals surface area contributed by atoms with Crippen molar-refractivity contribution in [3.63, 3.8) is 0 Å². The van der Waals surface area contributed by atoms with Crippen molar-refractivity contribution in [2.75, 3.05) is 11.9 Å². The van der Waals surface area contributed by atoms with Crippen molar-refractivity contribution in [2.45, 2.75) is 25.1 Å². The fourth-order valence-electron chi connectivity index (χ4n) is 1.64. The fraction of sp³-hybridized carbons (Fsp3) is 0.385. The first kappa shape index (κ1) is 12.1. The Balaban J connectivity index is 1.95. The van der Waals surface area contributed by atoms with Gasteiger partial charge in [-0.2, -0.15) is 0 Å². The van der Waals surface area contributed by atoms with E-state index < -0.39 is 0 Å². The van der Waals surface area contributed by atoms with Crippen molar-refractivity contribution in [3.05, 3.63) is 30.5 Å². The van der Waals surface area contributed by atoms with Crippen molar-refractivity contribution in [1.29, 1.82) is 0 Å². The van der Waals surface area contributed by atoms with Crippen LogP contribution in [0, 0.1) is 0 Å². The summed E-state index contributed by atoms with van der Waals surface area (Å²) >= 11 is 5.88. The number of nitrogens with zero attached hydrogens (tertiary/aromatic N) is 2. The predicted octanol–water partition coefficient (Wildman–Crippen LogP) is 3.45. The average Bonchev–Trinajstić information content (AvgIpc) is 2.34. The monoisotopic (exact) mass is 249 g/mol. The summed E-state index contributed by atoms with van der Waals surface area (Å²) in [6, 6.07) is 7.86. The maximum atomic E-state index is 5.88. The van der Waals surface area contributed by atoms with Crippen LogP contribution >= 0.6 is 11.6 Å². The Morgan fingerprint density at radius 1 is 1.29 bits per heavy atom. The van der Waals surface area contributed by atoms with Gasteiger partial charge in [0.2, 0.25) is 0 Å². The van der Waals surface area contributed by atoms with Crippen LogP contribution in [0.3, 0.4) is 0 Å². The van der Waals surface area contributed by atoms with E-state index in [4.69, 9.17) is 11.6 Å². The quantitative estimate of drug-likeness (QED) is 0.652. The molecule has 0 fully saturated rings. The van der Waals surface area contributed by atoms with Crippen LogP contribution in [0.15, 0.2) is 30.5 Å². The number of hydrogen-bond acceptors (Lipinski definition) is 3. The molecule has 0 aliphatic rings. The topological polar surface area (TPSA) is 37.8 Å². The van der Waals surface area contributed by atoms with Crippen LogP contribution in [0.4, 0.5) is 5.82 Å². The van der Waals surface area contributed by atoms with Crippen LogP contribution in [-0.2, 0) is 0 Å². The lowest BCUT2D eigenvalue weighted by atomic mass is 10.2. The van der Waals surface area contributed by atoms with Crippen LogP contribution < -0.4 is 5.32 Å². The summed E-state index contributed by atoms with van der Waals surface area (Å²) in [5, 5.41) is 3.50. The largest absolute Gasteiger partial charge is 0.369 e. The molecule has 2 rings (SSSR count). The van der Waals surface area contributed by atoms with E-state index in [1.165, 1.54) is 0 Å². The second kappa shape index (κ2) is 5.82. The van der Waals surface area contributed by atoms with E-state index in [1.807, 2.05) is 31.2 Å². The van der Waals surface area contributed by atoms with Crippen molar-refractivity contribution < 1.29 is 0 Å². The number of alkyl halides is 1. The Bertz CT molecular complexity index is 485. The molecule has 1 unspecified atom stereocenters. The van der Waals surface area contributed by atoms with Gasteiger partial charge in [0.05, 0.1) is 17.2 Å². The lowest BCUT2D eigenvalue weighted by Gasteiger charge is -2.06. The van der Waals surface area contributed by atoms with E-state index in [1.54, 1.807) is 6.20 Å². The number of benzene rings is 1. The molecule has 0 saturated carbocycles. The average molecular weight is 250 g/mol. The molecule has 0 saturated heterocycles. The second-order valence-corrected chi connectivity index (χ2v) is 4.84. The molecule has 4 heteroatoms. The molecule has 0 amide bonds. The number of nitrogens with one attached hydrogen (secondary N) is 1. The van der Waals surface area contributed by atoms with Crippen molar-refractivity contribution in [2.24, 2.45) is 0 Å². The van der Waals surface area contributed by atoms with Gasteiger partial charge in [-0.05, 0) is 31.9 Å². The van der Waals surface area contributed by atoms with E-state index in [2.05, 4.69) is 15.3 Å². The van der Waals surface area contributed by atoms with Crippen LogP contribution in [0.2, 0.25) is 0 Å². The highest BCUT2D eigenvalue weighted by Crippen LogP contribution is 2.11. The molecule has 1 aromatic heterocycles. The molecule has 1 aromatic carbocycles. The Morgan fingerprint density at radius 3 is 2.82 bits per heavy atom. The Hall–Kier alpha value is -1.35. The molecular formula is C13H16ClN3. The summed E-state index contributed by atoms with van der Waals surface area (Å²) < 4.78 is 0. The number of anilines is 1. The summed E-state index contributed by atoms with van der Waals surface area (Å²) in [6.45, 7) is 2.89. The van der Waals surface area contributed by atoms with E-state index in [0.717, 1.165) is 36.2 Å². The third kappa shape index (κ3) is 3.56. The molecule has 0 aliphatic carbocycles. The summed E-state index contributed by atoms with van der Waals surface area (Å²) in [6.07, 6.45) is 3.82. The maximum absolute atomic E-state index is 5.88. The van der Waals surface area contributed by atoms with Gasteiger partial charge in [0.25, 0.3) is 0 Å². The van der Waals surface area contributed by atoms with Gasteiger partial charge in [-0.15, -0.1) is 11.6 Å². The maximum Gasteiger partial charge on any atom is 0.145 e. The lowest BCUT2D eigenvalue weighted by Crippen LogP contribution is -2.05. The number of hydrogen-bond donors (Lipinski definition) is 1. The minimum absolute atomic E-state index is 0.236. The zero-order chi connectivity index (χ0) is 12.1. The molecule has 1 heterocycles. The number of rotatable bonds is 5. The van der Waals surface area contributed by atoms with Crippen LogP contribution in [0.1, 0.15) is 19.8 Å². The molecule has 0 bridgehead atoms. The van der Waals surface area contributed by atoms with Crippen molar-refractivity contribution in [3.8, 4) is 0 Å². The van der Waals surface area contributed by atoms with Crippen LogP contribution in [0.5, 0.6) is 0 Å². The zero-order valence-electron chi connectivity index (χ0n) is 9.86. The first-order chi connectivity index (χ1) is 8.25. The number of halogens is 1. The van der Waals surface area contributed by atoms with Gasteiger partial charge in [-0.25, -0.2) is 4.98 Å². The lowest BCUT2D eigenvalue weighted by molar-refractivity contribution is 0.749. The molecule has 1 atom stereocenters. The van der Waals surface area contributed by atoms with E-state index in [0.29, 0.717) is 0 Å². The van der Waals surface area contributed by atoms with Gasteiger partial charge >= 0.3 is 0 Å². The first-order valence-electron chi connectivity index (χ1n) is 5.85. The molecule has 1 N–H and O–H groups in total. The summed E-state index contributed by atoms with van der Waals surface area (Å²) in [7, 11) is 0. The van der Waals surface area contributed by atoms with Gasteiger partial charge < -0.3 is 5.32 Å². The smallest absolute Gasteiger partial charge is 0.145 e.